The largest absolute Gasteiger partial charge is 0.454 e. The molecule has 0 aliphatic carbocycles. The van der Waals surface area contributed by atoms with Crippen LogP contribution in [0.2, 0.25) is 0 Å². The highest BCUT2D eigenvalue weighted by Crippen LogP contribution is 2.18. The lowest BCUT2D eigenvalue weighted by Gasteiger charge is -2.05. The van der Waals surface area contributed by atoms with Crippen molar-refractivity contribution in [2.45, 2.75) is 0 Å². The normalized spacial score (nSPS) is 11.8. The number of aliphatic hydroxyl groups excluding tert-OH is 2. The summed E-state index contributed by atoms with van der Waals surface area (Å²) in [5.74, 6) is 7.42. The topological polar surface area (TPSA) is 127 Å². The Morgan fingerprint density at radius 1 is 0.605 bits per heavy atom. The molecule has 0 saturated heterocycles. The van der Waals surface area contributed by atoms with E-state index in [1.807, 2.05) is 0 Å². The molecule has 0 rings (SSSR count). The maximum atomic E-state index is 12.1. The quantitative estimate of drug-likeness (QED) is 0.0692. The zero-order valence-electron chi connectivity index (χ0n) is 20.9. The van der Waals surface area contributed by atoms with Crippen LogP contribution in [0.4, 0.5) is 0 Å². The number of esters is 2. The predicted octanol–water partition coefficient (Wildman–Crippen LogP) is 3.68. The van der Waals surface area contributed by atoms with Crippen molar-refractivity contribution in [1.29, 1.82) is 0 Å². The molecule has 2 N–H and O–H groups in total. The Bertz CT molecular complexity index is 633. The average molecular weight is 725 g/mol. The maximum Gasteiger partial charge on any atom is 0.316 e. The van der Waals surface area contributed by atoms with Gasteiger partial charge in [0, 0.05) is 61.9 Å². The van der Waals surface area contributed by atoms with Gasteiger partial charge in [0.15, 0.2) is 5.12 Å². The Hall–Kier alpha value is 1.83. The molecule has 18 heteroatoms. The van der Waals surface area contributed by atoms with E-state index in [1.54, 1.807) is 47.0 Å². The van der Waals surface area contributed by atoms with Gasteiger partial charge >= 0.3 is 11.9 Å². The smallest absolute Gasteiger partial charge is 0.316 e. The molecule has 0 aromatic rings. The van der Waals surface area contributed by atoms with Crippen LogP contribution in [-0.4, -0.2) is 129 Å². The molecular weight excluding hydrogens is 689 g/mol. The van der Waals surface area contributed by atoms with Crippen LogP contribution in [0.5, 0.6) is 0 Å². The zero-order valence-corrected chi connectivity index (χ0v) is 29.1. The van der Waals surface area contributed by atoms with Crippen molar-refractivity contribution >= 4 is 134 Å². The van der Waals surface area contributed by atoms with Crippen molar-refractivity contribution in [3.63, 3.8) is 0 Å². The van der Waals surface area contributed by atoms with E-state index in [0.29, 0.717) is 28.5 Å². The summed E-state index contributed by atoms with van der Waals surface area (Å²) in [6, 6.07) is 0. The van der Waals surface area contributed by atoms with Gasteiger partial charge in [0.25, 0.3) is 0 Å². The molecule has 38 heavy (non-hydrogen) atoms. The van der Waals surface area contributed by atoms with Crippen molar-refractivity contribution in [2.24, 2.45) is 0 Å². The van der Waals surface area contributed by atoms with Crippen LogP contribution >= 0.6 is 106 Å². The minimum Gasteiger partial charge on any atom is -0.454 e. The molecule has 0 aliphatic rings. The number of aliphatic hydroxyl groups is 2. The van der Waals surface area contributed by atoms with Crippen molar-refractivity contribution < 1.29 is 38.3 Å². The van der Waals surface area contributed by atoms with E-state index in [0.717, 1.165) is 68.9 Å². The molecular formula is C20H36O8S10. The van der Waals surface area contributed by atoms with Crippen molar-refractivity contribution in [3.05, 3.63) is 0 Å². The van der Waals surface area contributed by atoms with E-state index >= 15 is 0 Å². The number of carbonyl (C=O) groups is 3. The minimum absolute atomic E-state index is 0.0880. The van der Waals surface area contributed by atoms with Crippen LogP contribution in [0.1, 0.15) is 0 Å². The third-order valence-electron chi connectivity index (χ3n) is 3.54. The molecule has 0 aromatic carbocycles. The third-order valence-corrected chi connectivity index (χ3v) is 14.5. The van der Waals surface area contributed by atoms with Crippen LogP contribution < -0.4 is 0 Å². The fourth-order valence-corrected chi connectivity index (χ4v) is 11.4. The fourth-order valence-electron chi connectivity index (χ4n) is 1.86. The van der Waals surface area contributed by atoms with Gasteiger partial charge in [-0.3, -0.25) is 18.6 Å². The van der Waals surface area contributed by atoms with Gasteiger partial charge in [-0.1, -0.05) is 11.8 Å². The molecule has 0 amide bonds. The molecule has 0 bridgehead atoms. The molecule has 0 radical (unpaired) electrons. The standard InChI is InChI=1S/C20H36O8S10/c21-12-35-9-18(23)27-14-31-3-5-33-16-37-20(25)11-30-2-1-29-7-8-38(26)17-34-6-4-32-15-28-19(24)10-36-13-22/h21-22H,1-17H2. The molecule has 0 saturated carbocycles. The van der Waals surface area contributed by atoms with Crippen molar-refractivity contribution in [1.82, 2.24) is 0 Å². The van der Waals surface area contributed by atoms with Crippen LogP contribution in [0.25, 0.3) is 0 Å². The first kappa shape index (κ1) is 39.8. The van der Waals surface area contributed by atoms with Gasteiger partial charge in [-0.2, -0.15) is 23.5 Å². The molecule has 0 spiro atoms. The van der Waals surface area contributed by atoms with Gasteiger partial charge in [0.05, 0.1) is 34.2 Å². The van der Waals surface area contributed by atoms with Crippen molar-refractivity contribution in [3.8, 4) is 0 Å². The maximum absolute atomic E-state index is 12.1. The molecule has 0 aromatic heterocycles. The van der Waals surface area contributed by atoms with Crippen LogP contribution in [0.3, 0.4) is 0 Å². The predicted molar refractivity (Wildman–Crippen MR) is 181 cm³/mol. The first-order valence-electron chi connectivity index (χ1n) is 11.1. The Kier molecular flexibility index (Phi) is 33.3. The highest BCUT2D eigenvalue weighted by Gasteiger charge is 2.06. The number of hydrogen-bond acceptors (Lipinski definition) is 17. The fraction of sp³-hybridized carbons (Fsp3) is 0.850. The molecule has 8 nitrogen and oxygen atoms in total. The summed E-state index contributed by atoms with van der Waals surface area (Å²) >= 11 is 13.4. The molecule has 1 unspecified atom stereocenters. The van der Waals surface area contributed by atoms with Gasteiger partial charge in [-0.05, 0) is 0 Å². The summed E-state index contributed by atoms with van der Waals surface area (Å²) in [5.41, 5.74) is 0. The van der Waals surface area contributed by atoms with Crippen LogP contribution in [0.15, 0.2) is 0 Å². The lowest BCUT2D eigenvalue weighted by molar-refractivity contribution is -0.139. The molecule has 224 valence electrons. The van der Waals surface area contributed by atoms with Gasteiger partial charge < -0.3 is 19.7 Å². The molecule has 0 aliphatic heterocycles. The monoisotopic (exact) mass is 724 g/mol. The second-order valence-electron chi connectivity index (χ2n) is 6.42. The first-order valence-corrected chi connectivity index (χ1v) is 22.9. The van der Waals surface area contributed by atoms with E-state index in [1.165, 1.54) is 35.3 Å². The summed E-state index contributed by atoms with van der Waals surface area (Å²) < 4.78 is 22.1. The third kappa shape index (κ3) is 30.8. The Morgan fingerprint density at radius 3 is 1.74 bits per heavy atom. The highest BCUT2D eigenvalue weighted by molar-refractivity contribution is 8.25. The van der Waals surface area contributed by atoms with E-state index in [-0.39, 0.29) is 40.4 Å². The first-order chi connectivity index (χ1) is 18.5. The van der Waals surface area contributed by atoms with Gasteiger partial charge in [-0.25, -0.2) is 0 Å². The summed E-state index contributed by atoms with van der Waals surface area (Å²) in [7, 11) is -0.843. The van der Waals surface area contributed by atoms with E-state index in [2.05, 4.69) is 0 Å². The lowest BCUT2D eigenvalue weighted by atomic mass is 10.8. The van der Waals surface area contributed by atoms with Gasteiger partial charge in [0.1, 0.15) is 11.9 Å². The summed E-state index contributed by atoms with van der Waals surface area (Å²) in [5, 5.41) is 18.8. The van der Waals surface area contributed by atoms with E-state index in [4.69, 9.17) is 19.7 Å². The summed E-state index contributed by atoms with van der Waals surface area (Å²) in [6.45, 7) is 0. The summed E-state index contributed by atoms with van der Waals surface area (Å²) in [6.07, 6.45) is 0. The average Bonchev–Trinajstić information content (AvgIpc) is 2.90. The van der Waals surface area contributed by atoms with E-state index < -0.39 is 10.8 Å². The van der Waals surface area contributed by atoms with Gasteiger partial charge in [-0.15, -0.1) is 70.6 Å². The molecule has 0 heterocycles. The molecule has 1 atom stereocenters. The van der Waals surface area contributed by atoms with Crippen LogP contribution in [-0.2, 0) is 34.7 Å². The number of carbonyl (C=O) groups excluding carboxylic acids is 3. The van der Waals surface area contributed by atoms with E-state index in [9.17, 15) is 18.6 Å². The Balaban J connectivity index is 3.35. The Morgan fingerprint density at radius 2 is 1.13 bits per heavy atom. The number of thioether (sulfide) groups is 9. The van der Waals surface area contributed by atoms with Crippen LogP contribution in [0, 0.1) is 0 Å². The number of hydrogen-bond donors (Lipinski definition) is 2. The molecule has 0 fully saturated rings. The van der Waals surface area contributed by atoms with Crippen molar-refractivity contribution in [2.75, 3.05) is 97.2 Å². The number of ether oxygens (including phenoxy) is 2. The number of rotatable bonds is 28. The minimum atomic E-state index is -0.843. The highest BCUT2D eigenvalue weighted by atomic mass is 32.2. The zero-order chi connectivity index (χ0) is 28.1. The second kappa shape index (κ2) is 31.8. The summed E-state index contributed by atoms with van der Waals surface area (Å²) in [4.78, 5) is 34.4. The Labute approximate surface area is 266 Å². The SMILES string of the molecule is O=C(CSCO)OCSCCSCSC(=O)CSCCSCCS(=O)CSCCSCOC(=O)CSCO. The lowest BCUT2D eigenvalue weighted by Crippen LogP contribution is -2.08. The second-order valence-corrected chi connectivity index (χ2v) is 18.3. The van der Waals surface area contributed by atoms with Gasteiger partial charge in [0.2, 0.25) is 0 Å².